The third kappa shape index (κ3) is 35.2. The number of aliphatic hydroxyl groups excluding tert-OH is 3. The highest BCUT2D eigenvalue weighted by molar-refractivity contribution is 6.01. The Bertz CT molecular complexity index is 3730. The zero-order valence-corrected chi connectivity index (χ0v) is 62.2. The maximum absolute atomic E-state index is 14.5. The van der Waals surface area contributed by atoms with Gasteiger partial charge in [-0.2, -0.15) is 0 Å². The van der Waals surface area contributed by atoms with Gasteiger partial charge in [-0.15, -0.1) is 0 Å². The van der Waals surface area contributed by atoms with E-state index < -0.39 is 268 Å². The lowest BCUT2D eigenvalue weighted by Gasteiger charge is -2.28. The molecule has 13 atom stereocenters. The number of nitrogens with zero attached hydrogens (tertiary/aromatic N) is 1. The average molecular weight is 1610 g/mol. The number of unbranched alkanes of at least 4 members (excludes halogenated alkanes) is 1. The predicted octanol–water partition coefficient (Wildman–Crippen LogP) is -12.7. The molecule has 114 heavy (non-hydrogen) atoms. The van der Waals surface area contributed by atoms with Gasteiger partial charge < -0.3 is 139 Å². The molecule has 1 heterocycles. The summed E-state index contributed by atoms with van der Waals surface area (Å²) in [5, 5.41) is 88.7. The summed E-state index contributed by atoms with van der Waals surface area (Å²) in [4.78, 5) is 253. The minimum absolute atomic E-state index is 0.0588. The van der Waals surface area contributed by atoms with E-state index in [0.717, 1.165) is 11.8 Å². The van der Waals surface area contributed by atoms with Crippen LogP contribution < -0.4 is 109 Å². The lowest BCUT2D eigenvalue weighted by Crippen LogP contribution is -2.62. The molecule has 32 N–H and O–H groups in total. The number of carbonyl (C=O) groups excluding carboxylic acids is 17. The van der Waals surface area contributed by atoms with Crippen molar-refractivity contribution in [2.24, 2.45) is 34.4 Å². The quantitative estimate of drug-likeness (QED) is 0.0166. The van der Waals surface area contributed by atoms with Crippen molar-refractivity contribution in [2.45, 2.75) is 175 Å². The monoisotopic (exact) mass is 1610 g/mol. The van der Waals surface area contributed by atoms with Crippen molar-refractivity contribution < 1.29 is 117 Å². The van der Waals surface area contributed by atoms with Gasteiger partial charge in [-0.05, 0) is 76.0 Å². The molecule has 0 radical (unpaired) electrons. The Kier molecular flexibility index (Phi) is 41.7. The van der Waals surface area contributed by atoms with Gasteiger partial charge in [0.25, 0.3) is 0 Å². The molecule has 0 aromatic heterocycles. The lowest BCUT2D eigenvalue weighted by molar-refractivity contribution is -0.142. The molecule has 1 aliphatic heterocycles. The Morgan fingerprint density at radius 2 is 0.886 bits per heavy atom. The maximum Gasteiger partial charge on any atom is 0.322 e. The van der Waals surface area contributed by atoms with E-state index in [1.54, 1.807) is 36.4 Å². The number of aliphatic carboxylic acids is 2. The minimum Gasteiger partial charge on any atom is -0.481 e. The molecule has 3 rings (SSSR count). The number of carboxylic acid groups (broad SMARTS) is 2. The summed E-state index contributed by atoms with van der Waals surface area (Å²) in [5.41, 5.74) is 33.8. The second-order valence-electron chi connectivity index (χ2n) is 26.2. The van der Waals surface area contributed by atoms with Gasteiger partial charge in [0.15, 0.2) is 5.96 Å². The fourth-order valence-electron chi connectivity index (χ4n) is 11.1. The number of hydrogen-bond donors (Lipinski definition) is 26. The first-order chi connectivity index (χ1) is 53.9. The molecule has 0 bridgehead atoms. The zero-order chi connectivity index (χ0) is 85.3. The smallest absolute Gasteiger partial charge is 0.322 e. The number of amides is 17. The van der Waals surface area contributed by atoms with Gasteiger partial charge in [-0.3, -0.25) is 96.5 Å². The van der Waals surface area contributed by atoms with E-state index >= 15 is 0 Å². The van der Waals surface area contributed by atoms with Crippen LogP contribution in [0, 0.1) is 5.41 Å². The largest absolute Gasteiger partial charge is 0.481 e. The highest BCUT2D eigenvalue weighted by Crippen LogP contribution is 2.19. The first kappa shape index (κ1) is 95.6. The van der Waals surface area contributed by atoms with Crippen LogP contribution in [0.5, 0.6) is 0 Å². The van der Waals surface area contributed by atoms with Crippen molar-refractivity contribution in [2.75, 3.05) is 52.5 Å². The van der Waals surface area contributed by atoms with E-state index in [1.807, 2.05) is 10.6 Å². The Morgan fingerprint density at radius 1 is 0.465 bits per heavy atom. The molecule has 2 aromatic rings. The number of nitrogens with one attached hydrogen (secondary N) is 15. The number of aliphatic hydroxyl groups is 3. The first-order valence-corrected chi connectivity index (χ1v) is 35.8. The highest BCUT2D eigenvalue weighted by atomic mass is 16.4. The van der Waals surface area contributed by atoms with E-state index in [4.69, 9.17) is 39.8 Å². The van der Waals surface area contributed by atoms with Gasteiger partial charge in [0.1, 0.15) is 79.0 Å². The number of likely N-dealkylation sites (tertiary alicyclic amines) is 1. The Labute approximate surface area is 651 Å². The number of guanidine groups is 1. The van der Waals surface area contributed by atoms with Gasteiger partial charge in [-0.25, -0.2) is 0 Å². The van der Waals surface area contributed by atoms with Gasteiger partial charge >= 0.3 is 11.9 Å². The molecule has 46 nitrogen and oxygen atoms in total. The molecular formula is C68H102N22O24. The number of rotatable bonds is 52. The van der Waals surface area contributed by atoms with Crippen LogP contribution >= 0.6 is 0 Å². The topological polar surface area (TPSA) is 777 Å². The summed E-state index contributed by atoms with van der Waals surface area (Å²) in [6.07, 6.45) is -6.17. The van der Waals surface area contributed by atoms with Crippen LogP contribution in [0.2, 0.25) is 0 Å². The van der Waals surface area contributed by atoms with E-state index in [0.29, 0.717) is 17.5 Å². The van der Waals surface area contributed by atoms with Crippen molar-refractivity contribution in [1.29, 1.82) is 5.41 Å². The normalized spacial score (nSPS) is 15.4. The molecule has 1 aliphatic rings. The molecule has 0 aliphatic carbocycles. The predicted molar refractivity (Wildman–Crippen MR) is 395 cm³/mol. The third-order valence-corrected chi connectivity index (χ3v) is 17.0. The third-order valence-electron chi connectivity index (χ3n) is 17.0. The van der Waals surface area contributed by atoms with E-state index in [1.165, 1.54) is 24.3 Å². The molecule has 628 valence electrons. The van der Waals surface area contributed by atoms with Gasteiger partial charge in [0.2, 0.25) is 100 Å². The van der Waals surface area contributed by atoms with Crippen LogP contribution in [0.4, 0.5) is 0 Å². The Balaban J connectivity index is 1.86. The zero-order valence-electron chi connectivity index (χ0n) is 62.2. The maximum atomic E-state index is 14.5. The SMILES string of the molecule is C[C@@H](O)[C@H](NC(=O)[C@H](CC(=O)O)NC(=O)CNC(=O)[C@H](CC(N)=O)NC(=O)CNC(=O)[C@@H]1CCCN1C(=O)[C@@H](N)CO)C(=O)N[C@@H](CO)C(=O)N[C@@H](Cc1ccccc1)C(=O)N[C@@H](CC(N)=O)C(=O)N[C@@H](CCC(N)=O)C(=O)N[C@@H](CCCCN)C(=O)N[C@@H](Cc1ccccc1)C(=O)N[C@@H](CCCNC(=N)N)C(=O)NCC(=O)O. The second-order valence-corrected chi connectivity index (χ2v) is 26.2. The van der Waals surface area contributed by atoms with Gasteiger partial charge in [0, 0.05) is 32.4 Å². The molecule has 1 fully saturated rings. The van der Waals surface area contributed by atoms with Crippen LogP contribution in [0.25, 0.3) is 0 Å². The molecule has 0 saturated carbocycles. The summed E-state index contributed by atoms with van der Waals surface area (Å²) >= 11 is 0. The van der Waals surface area contributed by atoms with E-state index in [-0.39, 0.29) is 64.6 Å². The molecule has 0 spiro atoms. The van der Waals surface area contributed by atoms with Gasteiger partial charge in [0.05, 0.1) is 51.7 Å². The summed E-state index contributed by atoms with van der Waals surface area (Å²) < 4.78 is 0. The number of carbonyl (C=O) groups is 19. The fourth-order valence-corrected chi connectivity index (χ4v) is 11.1. The van der Waals surface area contributed by atoms with Crippen molar-refractivity contribution in [1.82, 2.24) is 79.3 Å². The van der Waals surface area contributed by atoms with Crippen LogP contribution in [0.1, 0.15) is 95.1 Å². The van der Waals surface area contributed by atoms with Crippen LogP contribution in [-0.2, 0) is 104 Å². The summed E-state index contributed by atoms with van der Waals surface area (Å²) in [6.45, 7) is -3.50. The number of hydrogen-bond acceptors (Lipinski definition) is 25. The summed E-state index contributed by atoms with van der Waals surface area (Å²) in [6, 6.07) is -5.03. The minimum atomic E-state index is -2.16. The fraction of sp³-hybridized carbons (Fsp3) is 0.529. The van der Waals surface area contributed by atoms with Crippen LogP contribution in [0.3, 0.4) is 0 Å². The molecular weight excluding hydrogens is 1510 g/mol. The Hall–Kier alpha value is -12.6. The molecule has 1 saturated heterocycles. The van der Waals surface area contributed by atoms with E-state index in [9.17, 15) is 117 Å². The molecule has 46 heteroatoms. The molecule has 2 aromatic carbocycles. The number of nitrogens with two attached hydrogens (primary N) is 6. The highest BCUT2D eigenvalue weighted by Gasteiger charge is 2.40. The van der Waals surface area contributed by atoms with E-state index in [2.05, 4.69) is 63.8 Å². The first-order valence-electron chi connectivity index (χ1n) is 35.8. The molecule has 17 amide bonds. The van der Waals surface area contributed by atoms with Crippen molar-refractivity contribution in [3.63, 3.8) is 0 Å². The van der Waals surface area contributed by atoms with Crippen LogP contribution in [-0.4, -0.2) is 280 Å². The van der Waals surface area contributed by atoms with Crippen molar-refractivity contribution in [3.05, 3.63) is 71.8 Å². The summed E-state index contributed by atoms with van der Waals surface area (Å²) in [7, 11) is 0. The van der Waals surface area contributed by atoms with Crippen molar-refractivity contribution >= 4 is 118 Å². The molecule has 0 unspecified atom stereocenters. The Morgan fingerprint density at radius 3 is 1.36 bits per heavy atom. The lowest BCUT2D eigenvalue weighted by atomic mass is 10.0. The summed E-state index contributed by atoms with van der Waals surface area (Å²) in [5.74, 6) is -23.0. The number of benzene rings is 2. The average Bonchev–Trinajstić information content (AvgIpc) is 1.77. The number of carboxylic acids is 2. The van der Waals surface area contributed by atoms with Crippen LogP contribution in [0.15, 0.2) is 60.7 Å². The van der Waals surface area contributed by atoms with Crippen molar-refractivity contribution in [3.8, 4) is 0 Å². The number of primary amides is 3. The standard InChI is InChI=1S/C68H102N22O24/c1-34(93)55(89-63(110)45(28-53(99)100)81-51(97)29-77-57(104)43(26-49(72)95)80-52(98)30-78-65(112)47-18-11-23-90(47)67(114)37(70)32-91)66(113)88-46(33-92)64(111)86-42(25-36-14-6-3-7-15-36)61(108)87-44(27-50(73)96)62(109)84-40(19-20-48(71)94)59(106)83-39(16-8-9-21-69)58(105)85-41(24-35-12-4-2-5-13-35)60(107)82-38(17-10-22-76-68(74)75)56(103)79-31-54(101)102/h2-7,12-15,34,37-47,55,91-93H,8-11,16-33,69-70H2,1H3,(H2,71,94)(H2,72,95)(H2,73,96)(H,77,104)(H,78,112)(H,79,103)(H,80,98)(H,81,97)(H,82,107)(H,83,106)(H,84,109)(H,85,105)(H,86,111)(H,87,108)(H,88,113)(H,89,110)(H,99,100)(H,101,102)(H4,74,75,76)/t34-,37+,38+,39+,40+,41+,42+,43+,44+,45+,46+,47+,55+/m1/s1. The second kappa shape index (κ2) is 49.6. The van der Waals surface area contributed by atoms with Gasteiger partial charge in [-0.1, -0.05) is 60.7 Å².